The Morgan fingerprint density at radius 2 is 0.400 bits per heavy atom. The number of rotatable bonds is 18. The Morgan fingerprint density at radius 1 is 0.267 bits per heavy atom. The number of hydrogen-bond acceptors (Lipinski definition) is 2. The molecule has 0 atom stereocenters. The summed E-state index contributed by atoms with van der Waals surface area (Å²) in [7, 11) is 0. The van der Waals surface area contributed by atoms with Gasteiger partial charge in [-0.3, -0.25) is 4.79 Å². The van der Waals surface area contributed by atoms with Crippen LogP contribution in [0, 0.1) is 0 Å². The van der Waals surface area contributed by atoms with Crippen molar-refractivity contribution in [3.63, 3.8) is 0 Å². The highest BCUT2D eigenvalue weighted by atomic mass is 35.5. The lowest BCUT2D eigenvalue weighted by atomic mass is 9.82. The molecule has 0 aromatic rings. The first kappa shape index (κ1) is 57.2. The smallest absolute Gasteiger partial charge is 0.395 e. The molecule has 0 aliphatic carbocycles. The van der Waals surface area contributed by atoms with Gasteiger partial charge >= 0.3 is 113 Å². The third kappa shape index (κ3) is 6.55. The zero-order valence-electron chi connectivity index (χ0n) is 25.4. The van der Waals surface area contributed by atoms with Gasteiger partial charge in [-0.05, 0) is 0 Å². The Balaban J connectivity index is 7.86. The second-order valence-electron chi connectivity index (χ2n) is 10.8. The lowest BCUT2D eigenvalue weighted by Gasteiger charge is -2.47. The third-order valence-corrected chi connectivity index (χ3v) is 7.21. The Morgan fingerprint density at radius 3 is 0.533 bits per heavy atom. The normalized spacial score (nSPS) is 17.0. The molecular formula is C20H2ClF37O2. The van der Waals surface area contributed by atoms with Gasteiger partial charge in [0.15, 0.2) is 0 Å². The predicted molar refractivity (Wildman–Crippen MR) is 107 cm³/mol. The quantitative estimate of drug-likeness (QED) is 0.0777. The summed E-state index contributed by atoms with van der Waals surface area (Å²) in [5.41, 5.74) is 0. The number of carbonyl (C=O) groups excluding carboxylic acids is 1. The van der Waals surface area contributed by atoms with E-state index < -0.39 is 119 Å². The SMILES string of the molecule is O=C(CCl)OC(F)(F)C(F)(F)C(F)(F)C(F)(F)C(F)(F)C(F)(F)C(F)(F)C(F)(F)C(F)(F)C(F)(F)C(F)(F)C(F)(F)C(F)(F)C(F)(F)C(F)(F)C(F)(F)C(F)(F)C(F)(F)F. The van der Waals surface area contributed by atoms with E-state index in [0.29, 0.717) is 0 Å². The van der Waals surface area contributed by atoms with Crippen molar-refractivity contribution in [2.24, 2.45) is 0 Å². The van der Waals surface area contributed by atoms with Crippen molar-refractivity contribution in [1.29, 1.82) is 0 Å². The Hall–Kier alpha value is -2.83. The van der Waals surface area contributed by atoms with E-state index in [2.05, 4.69) is 11.6 Å². The van der Waals surface area contributed by atoms with Crippen LogP contribution >= 0.6 is 11.6 Å². The van der Waals surface area contributed by atoms with Crippen molar-refractivity contribution >= 4 is 17.6 Å². The molecule has 60 heavy (non-hydrogen) atoms. The first-order valence-corrected chi connectivity index (χ1v) is 13.0. The summed E-state index contributed by atoms with van der Waals surface area (Å²) < 4.78 is 503. The van der Waals surface area contributed by atoms with Crippen LogP contribution in [0.2, 0.25) is 0 Å². The van der Waals surface area contributed by atoms with E-state index in [0.717, 1.165) is 0 Å². The topological polar surface area (TPSA) is 26.3 Å². The van der Waals surface area contributed by atoms with E-state index in [9.17, 15) is 167 Å². The van der Waals surface area contributed by atoms with Crippen LogP contribution < -0.4 is 0 Å². The Bertz CT molecular complexity index is 1580. The maximum Gasteiger partial charge on any atom is 0.473 e. The van der Waals surface area contributed by atoms with Crippen LogP contribution in [0.15, 0.2) is 0 Å². The van der Waals surface area contributed by atoms with Crippen molar-refractivity contribution in [2.75, 3.05) is 5.88 Å². The molecule has 0 unspecified atom stereocenters. The zero-order valence-corrected chi connectivity index (χ0v) is 26.1. The van der Waals surface area contributed by atoms with Gasteiger partial charge in [0.2, 0.25) is 0 Å². The van der Waals surface area contributed by atoms with Crippen LogP contribution in [0.3, 0.4) is 0 Å². The fourth-order valence-corrected chi connectivity index (χ4v) is 3.41. The minimum atomic E-state index is -10.5. The van der Waals surface area contributed by atoms with Crippen LogP contribution in [0.1, 0.15) is 0 Å². The van der Waals surface area contributed by atoms with Crippen molar-refractivity contribution in [3.8, 4) is 0 Å². The summed E-state index contributed by atoms with van der Waals surface area (Å²) in [6, 6.07) is 0. The van der Waals surface area contributed by atoms with Crippen LogP contribution in [-0.2, 0) is 9.53 Å². The van der Waals surface area contributed by atoms with Crippen molar-refractivity contribution in [1.82, 2.24) is 0 Å². The number of alkyl halides is 38. The molecule has 2 nitrogen and oxygen atoms in total. The first-order chi connectivity index (χ1) is 25.2. The van der Waals surface area contributed by atoms with Crippen LogP contribution in [-0.4, -0.2) is 119 Å². The molecule has 0 rings (SSSR count). The van der Waals surface area contributed by atoms with E-state index in [1.54, 1.807) is 0 Å². The summed E-state index contributed by atoms with van der Waals surface area (Å²) >= 11 is 4.31. The molecule has 0 radical (unpaired) electrons. The lowest BCUT2D eigenvalue weighted by molar-refractivity contribution is -0.495. The lowest BCUT2D eigenvalue weighted by Crippen LogP contribution is -2.80. The van der Waals surface area contributed by atoms with Gasteiger partial charge < -0.3 is 4.74 Å². The summed E-state index contributed by atoms with van der Waals surface area (Å²) in [6.07, 6.45) is -16.4. The van der Waals surface area contributed by atoms with Crippen molar-refractivity contribution in [3.05, 3.63) is 0 Å². The first-order valence-electron chi connectivity index (χ1n) is 12.5. The maximum absolute atomic E-state index is 13.9. The van der Waals surface area contributed by atoms with E-state index in [4.69, 9.17) is 0 Å². The molecule has 0 aliphatic rings. The van der Waals surface area contributed by atoms with Crippen molar-refractivity contribution in [2.45, 2.75) is 107 Å². The largest absolute Gasteiger partial charge is 0.473 e. The molecule has 0 N–H and O–H groups in total. The van der Waals surface area contributed by atoms with Gasteiger partial charge in [0.1, 0.15) is 5.88 Å². The monoisotopic (exact) mass is 1010 g/mol. The minimum Gasteiger partial charge on any atom is -0.395 e. The number of carbonyl (C=O) groups is 1. The van der Waals surface area contributed by atoms with E-state index in [1.807, 2.05) is 4.74 Å². The van der Waals surface area contributed by atoms with Gasteiger partial charge in [0.25, 0.3) is 0 Å². The summed E-state index contributed by atoms with van der Waals surface area (Å²) in [4.78, 5) is 10.5. The van der Waals surface area contributed by atoms with E-state index >= 15 is 0 Å². The highest BCUT2D eigenvalue weighted by molar-refractivity contribution is 6.26. The van der Waals surface area contributed by atoms with Crippen LogP contribution in [0.4, 0.5) is 162 Å². The van der Waals surface area contributed by atoms with Gasteiger partial charge in [-0.2, -0.15) is 162 Å². The van der Waals surface area contributed by atoms with Crippen molar-refractivity contribution < 1.29 is 172 Å². The van der Waals surface area contributed by atoms with Gasteiger partial charge in [0.05, 0.1) is 0 Å². The number of esters is 1. The molecule has 40 heteroatoms. The number of hydrogen-bond donors (Lipinski definition) is 0. The molecule has 360 valence electrons. The highest BCUT2D eigenvalue weighted by Gasteiger charge is 3.02. The molecule has 0 heterocycles. The molecule has 0 aromatic heterocycles. The standard InChI is InChI=1S/C20H2ClF37O2/c21-1-2(59)60-20(57,58)18(52,53)16(48,49)14(44,45)12(40,41)10(36,37)8(32,33)6(28,29)4(24,25)3(22,23)5(26,27)7(30,31)9(34,35)11(38,39)13(42,43)15(46,47)17(50,51)19(54,55)56/h1H2. The van der Waals surface area contributed by atoms with E-state index in [1.165, 1.54) is 0 Å². The molecule has 0 amide bonds. The summed E-state index contributed by atoms with van der Waals surface area (Å²) in [5, 5.41) is 0. The van der Waals surface area contributed by atoms with Gasteiger partial charge in [-0.25, -0.2) is 0 Å². The highest BCUT2D eigenvalue weighted by Crippen LogP contribution is 2.70. The minimum absolute atomic E-state index is 1.96. The molecular weight excluding hydrogens is 1010 g/mol. The number of halogens is 38. The van der Waals surface area contributed by atoms with Gasteiger partial charge in [-0.15, -0.1) is 11.6 Å². The fourth-order valence-electron chi connectivity index (χ4n) is 3.36. The summed E-state index contributed by atoms with van der Waals surface area (Å²) in [5.74, 6) is -165. The molecule has 0 saturated heterocycles. The zero-order chi connectivity index (χ0) is 50.0. The van der Waals surface area contributed by atoms with E-state index in [-0.39, 0.29) is 0 Å². The molecule has 0 aromatic carbocycles. The molecule has 0 spiro atoms. The molecule has 0 fully saturated rings. The van der Waals surface area contributed by atoms with Gasteiger partial charge in [0, 0.05) is 0 Å². The fraction of sp³-hybridized carbons (Fsp3) is 0.950. The van der Waals surface area contributed by atoms with Crippen LogP contribution in [0.5, 0.6) is 0 Å². The van der Waals surface area contributed by atoms with Crippen LogP contribution in [0.25, 0.3) is 0 Å². The Labute approximate surface area is 303 Å². The molecule has 0 bridgehead atoms. The predicted octanol–water partition coefficient (Wildman–Crippen LogP) is 12.1. The van der Waals surface area contributed by atoms with Gasteiger partial charge in [-0.1, -0.05) is 0 Å². The third-order valence-electron chi connectivity index (χ3n) is 6.99. The number of ether oxygens (including phenoxy) is 1. The maximum atomic E-state index is 13.9. The Kier molecular flexibility index (Phi) is 13.4. The average Bonchev–Trinajstić information content (AvgIpc) is 3.02. The second kappa shape index (κ2) is 14.1. The summed E-state index contributed by atoms with van der Waals surface area (Å²) in [6.45, 7) is 0. The second-order valence-corrected chi connectivity index (χ2v) is 11.1. The molecule has 0 aliphatic heterocycles. The average molecular weight is 1010 g/mol. The molecule has 0 saturated carbocycles.